The predicted octanol–water partition coefficient (Wildman–Crippen LogP) is 5.88. The molecule has 0 bridgehead atoms. The van der Waals surface area contributed by atoms with E-state index in [2.05, 4.69) is 5.32 Å². The van der Waals surface area contributed by atoms with Gasteiger partial charge in [0.2, 0.25) is 11.8 Å². The molecule has 0 aliphatic rings. The van der Waals surface area contributed by atoms with E-state index in [1.54, 1.807) is 29.2 Å². The van der Waals surface area contributed by atoms with Gasteiger partial charge in [-0.1, -0.05) is 73.1 Å². The molecule has 0 fully saturated rings. The maximum atomic E-state index is 13.5. The maximum absolute atomic E-state index is 13.5. The van der Waals surface area contributed by atoms with E-state index in [-0.39, 0.29) is 23.4 Å². The first-order valence-electron chi connectivity index (χ1n) is 11.6. The van der Waals surface area contributed by atoms with Gasteiger partial charge in [-0.25, -0.2) is 4.39 Å². The van der Waals surface area contributed by atoms with Crippen molar-refractivity contribution in [2.75, 3.05) is 12.3 Å². The van der Waals surface area contributed by atoms with Crippen molar-refractivity contribution < 1.29 is 14.0 Å². The van der Waals surface area contributed by atoms with Crippen LogP contribution in [0.4, 0.5) is 4.39 Å². The summed E-state index contributed by atoms with van der Waals surface area (Å²) in [5.41, 5.74) is 2.82. The van der Waals surface area contributed by atoms with Gasteiger partial charge in [0.05, 0.1) is 5.75 Å². The van der Waals surface area contributed by atoms with Gasteiger partial charge in [0.25, 0.3) is 0 Å². The van der Waals surface area contributed by atoms with Crippen molar-refractivity contribution in [2.45, 2.75) is 38.1 Å². The van der Waals surface area contributed by atoms with E-state index < -0.39 is 6.04 Å². The number of nitrogens with one attached hydrogen (secondary N) is 1. The van der Waals surface area contributed by atoms with Crippen LogP contribution in [-0.4, -0.2) is 35.1 Å². The third-order valence-electron chi connectivity index (χ3n) is 5.49. The highest BCUT2D eigenvalue weighted by Crippen LogP contribution is 2.19. The van der Waals surface area contributed by atoms with E-state index in [0.717, 1.165) is 23.1 Å². The second kappa shape index (κ2) is 13.9. The molecule has 0 aliphatic heterocycles. The van der Waals surface area contributed by atoms with Crippen LogP contribution in [0.5, 0.6) is 0 Å². The molecular formula is C28H30ClFN2O2S. The molecule has 0 unspecified atom stereocenters. The second-order valence-corrected chi connectivity index (χ2v) is 9.69. The highest BCUT2D eigenvalue weighted by molar-refractivity contribution is 7.99. The molecule has 0 radical (unpaired) electrons. The Morgan fingerprint density at radius 1 is 0.943 bits per heavy atom. The van der Waals surface area contributed by atoms with Crippen LogP contribution < -0.4 is 5.32 Å². The number of thioether (sulfide) groups is 1. The molecule has 0 aromatic heterocycles. The number of carbonyl (C=O) groups is 2. The van der Waals surface area contributed by atoms with Gasteiger partial charge in [0.15, 0.2) is 0 Å². The van der Waals surface area contributed by atoms with E-state index in [1.807, 2.05) is 49.4 Å². The number of hydrogen-bond acceptors (Lipinski definition) is 3. The number of benzene rings is 3. The summed E-state index contributed by atoms with van der Waals surface area (Å²) in [5.74, 6) is 0.204. The summed E-state index contributed by atoms with van der Waals surface area (Å²) in [6.45, 7) is 2.84. The number of rotatable bonds is 12. The van der Waals surface area contributed by atoms with Crippen LogP contribution in [0.2, 0.25) is 5.02 Å². The third-order valence-corrected chi connectivity index (χ3v) is 6.73. The molecule has 1 atom stereocenters. The van der Waals surface area contributed by atoms with Gasteiger partial charge in [-0.15, -0.1) is 11.8 Å². The molecule has 4 nitrogen and oxygen atoms in total. The van der Waals surface area contributed by atoms with Gasteiger partial charge in [0, 0.05) is 30.3 Å². The van der Waals surface area contributed by atoms with E-state index in [0.29, 0.717) is 30.3 Å². The fourth-order valence-corrected chi connectivity index (χ4v) is 4.62. The Bertz CT molecular complexity index is 1080. The Morgan fingerprint density at radius 2 is 1.60 bits per heavy atom. The van der Waals surface area contributed by atoms with Crippen LogP contribution in [-0.2, 0) is 28.3 Å². The summed E-state index contributed by atoms with van der Waals surface area (Å²) in [7, 11) is 0. The second-order valence-electron chi connectivity index (χ2n) is 8.26. The zero-order valence-electron chi connectivity index (χ0n) is 19.8. The largest absolute Gasteiger partial charge is 0.354 e. The number of hydrogen-bond donors (Lipinski definition) is 1. The topological polar surface area (TPSA) is 49.4 Å². The average molecular weight is 513 g/mol. The number of carbonyl (C=O) groups excluding carboxylic acids is 2. The van der Waals surface area contributed by atoms with Crippen LogP contribution in [0.25, 0.3) is 0 Å². The summed E-state index contributed by atoms with van der Waals surface area (Å²) in [6.07, 6.45) is 1.22. The average Bonchev–Trinajstić information content (AvgIpc) is 2.87. The van der Waals surface area contributed by atoms with Crippen molar-refractivity contribution in [3.8, 4) is 0 Å². The van der Waals surface area contributed by atoms with Gasteiger partial charge in [-0.3, -0.25) is 9.59 Å². The van der Waals surface area contributed by atoms with Crippen LogP contribution in [0, 0.1) is 5.82 Å². The monoisotopic (exact) mass is 512 g/mol. The van der Waals surface area contributed by atoms with Crippen LogP contribution >= 0.6 is 23.4 Å². The summed E-state index contributed by atoms with van der Waals surface area (Å²) in [4.78, 5) is 28.4. The van der Waals surface area contributed by atoms with Crippen molar-refractivity contribution in [1.82, 2.24) is 10.2 Å². The molecular weight excluding hydrogens is 483 g/mol. The van der Waals surface area contributed by atoms with Crippen molar-refractivity contribution in [3.05, 3.63) is 106 Å². The quantitative estimate of drug-likeness (QED) is 0.330. The van der Waals surface area contributed by atoms with Gasteiger partial charge in [-0.05, 0) is 47.4 Å². The van der Waals surface area contributed by atoms with E-state index in [1.165, 1.54) is 23.9 Å². The van der Waals surface area contributed by atoms with Crippen LogP contribution in [0.15, 0.2) is 78.9 Å². The molecule has 3 rings (SSSR count). The molecule has 0 saturated carbocycles. The predicted molar refractivity (Wildman–Crippen MR) is 142 cm³/mol. The smallest absolute Gasteiger partial charge is 0.243 e. The minimum Gasteiger partial charge on any atom is -0.354 e. The van der Waals surface area contributed by atoms with E-state index >= 15 is 0 Å². The van der Waals surface area contributed by atoms with Crippen molar-refractivity contribution in [3.63, 3.8) is 0 Å². The normalized spacial score (nSPS) is 11.6. The summed E-state index contributed by atoms with van der Waals surface area (Å²) in [5, 5.41) is 3.59. The standard InChI is InChI=1S/C28H30ClFN2O2S/c1-2-16-31-28(34)26(17-21-6-4-3-5-7-21)32(18-22-8-12-24(29)13-9-22)27(33)20-35-19-23-10-14-25(30)15-11-23/h3-15,26H,2,16-20H2,1H3,(H,31,34)/t26-/m1/s1. The minimum atomic E-state index is -0.654. The van der Waals surface area contributed by atoms with Gasteiger partial charge >= 0.3 is 0 Å². The lowest BCUT2D eigenvalue weighted by atomic mass is 10.0. The van der Waals surface area contributed by atoms with E-state index in [9.17, 15) is 14.0 Å². The molecule has 184 valence electrons. The molecule has 35 heavy (non-hydrogen) atoms. The van der Waals surface area contributed by atoms with Gasteiger partial charge in [-0.2, -0.15) is 0 Å². The minimum absolute atomic E-state index is 0.125. The lowest BCUT2D eigenvalue weighted by molar-refractivity contribution is -0.139. The molecule has 7 heteroatoms. The number of halogens is 2. The van der Waals surface area contributed by atoms with Crippen molar-refractivity contribution >= 4 is 35.2 Å². The Morgan fingerprint density at radius 3 is 2.26 bits per heavy atom. The molecule has 0 heterocycles. The molecule has 3 aromatic rings. The summed E-state index contributed by atoms with van der Waals surface area (Å²) < 4.78 is 13.2. The summed E-state index contributed by atoms with van der Waals surface area (Å²) >= 11 is 7.50. The fraction of sp³-hybridized carbons (Fsp3) is 0.286. The van der Waals surface area contributed by atoms with Crippen molar-refractivity contribution in [1.29, 1.82) is 0 Å². The molecule has 2 amide bonds. The summed E-state index contributed by atoms with van der Waals surface area (Å²) in [6, 6.07) is 22.6. The molecule has 0 aliphatic carbocycles. The van der Waals surface area contributed by atoms with Gasteiger partial charge < -0.3 is 10.2 Å². The number of amides is 2. The molecule has 0 saturated heterocycles. The van der Waals surface area contributed by atoms with Crippen LogP contribution in [0.1, 0.15) is 30.0 Å². The lowest BCUT2D eigenvalue weighted by Crippen LogP contribution is -2.51. The Hall–Kier alpha value is -2.83. The first kappa shape index (κ1) is 26.8. The fourth-order valence-electron chi connectivity index (χ4n) is 3.63. The third kappa shape index (κ3) is 8.71. The maximum Gasteiger partial charge on any atom is 0.243 e. The molecule has 0 spiro atoms. The zero-order valence-corrected chi connectivity index (χ0v) is 21.3. The van der Waals surface area contributed by atoms with E-state index in [4.69, 9.17) is 11.6 Å². The Kier molecular flexibility index (Phi) is 10.6. The zero-order chi connectivity index (χ0) is 25.0. The highest BCUT2D eigenvalue weighted by atomic mass is 35.5. The number of nitrogens with zero attached hydrogens (tertiary/aromatic N) is 1. The highest BCUT2D eigenvalue weighted by Gasteiger charge is 2.30. The molecule has 3 aromatic carbocycles. The van der Waals surface area contributed by atoms with Crippen molar-refractivity contribution in [2.24, 2.45) is 0 Å². The Labute approximate surface area is 215 Å². The first-order valence-corrected chi connectivity index (χ1v) is 13.2. The lowest BCUT2D eigenvalue weighted by Gasteiger charge is -2.31. The first-order chi connectivity index (χ1) is 17.0. The van der Waals surface area contributed by atoms with Crippen LogP contribution in [0.3, 0.4) is 0 Å². The van der Waals surface area contributed by atoms with Gasteiger partial charge in [0.1, 0.15) is 11.9 Å². The SMILES string of the molecule is CCCNC(=O)[C@@H](Cc1ccccc1)N(Cc1ccc(Cl)cc1)C(=O)CSCc1ccc(F)cc1. The molecule has 1 N–H and O–H groups in total. The Balaban J connectivity index is 1.81.